The zero-order valence-corrected chi connectivity index (χ0v) is 24.2. The monoisotopic (exact) mass is 571 g/mol. The number of halogens is 2. The van der Waals surface area contributed by atoms with Crippen molar-refractivity contribution in [2.45, 2.75) is 58.7 Å². The molecule has 0 unspecified atom stereocenters. The van der Waals surface area contributed by atoms with E-state index in [1.165, 1.54) is 16.3 Å². The van der Waals surface area contributed by atoms with Gasteiger partial charge in [0.1, 0.15) is 11.8 Å². The Labute approximate surface area is 229 Å². The van der Waals surface area contributed by atoms with Gasteiger partial charge in [0.25, 0.3) is 0 Å². The molecular weight excluding hydrogens is 537 g/mol. The standard InChI is InChI=1S/C26H35Cl2N3O5S/c1-6-24(26(33)29-18(2)3)30(17-19-9-10-20(27)16-23(19)28)25(32)8-7-15-31(37(5,34)35)21-11-13-22(36-4)14-12-21/h9-14,16,18,24H,6-8,15,17H2,1-5H3,(H,29,33)/t24-/m1/s1. The molecule has 2 amide bonds. The Balaban J connectivity index is 2.24. The smallest absolute Gasteiger partial charge is 0.243 e. The van der Waals surface area contributed by atoms with Crippen molar-refractivity contribution < 1.29 is 22.7 Å². The topological polar surface area (TPSA) is 96.0 Å². The molecule has 0 heterocycles. The second-order valence-electron chi connectivity index (χ2n) is 8.98. The summed E-state index contributed by atoms with van der Waals surface area (Å²) in [7, 11) is -2.06. The average Bonchev–Trinajstić information content (AvgIpc) is 2.81. The van der Waals surface area contributed by atoms with Gasteiger partial charge < -0.3 is 15.0 Å². The lowest BCUT2D eigenvalue weighted by Crippen LogP contribution is -2.50. The fourth-order valence-corrected chi connectivity index (χ4v) is 5.32. The second-order valence-corrected chi connectivity index (χ2v) is 11.7. The number of carbonyl (C=O) groups excluding carboxylic acids is 2. The molecule has 204 valence electrons. The number of benzene rings is 2. The first kappa shape index (κ1) is 30.7. The van der Waals surface area contributed by atoms with Gasteiger partial charge in [-0.1, -0.05) is 36.2 Å². The van der Waals surface area contributed by atoms with Gasteiger partial charge in [-0.15, -0.1) is 0 Å². The van der Waals surface area contributed by atoms with Crippen molar-refractivity contribution in [3.63, 3.8) is 0 Å². The van der Waals surface area contributed by atoms with Crippen LogP contribution in [0.5, 0.6) is 5.75 Å². The summed E-state index contributed by atoms with van der Waals surface area (Å²) in [5, 5.41) is 3.74. The molecule has 0 aliphatic carbocycles. The van der Waals surface area contributed by atoms with Crippen molar-refractivity contribution in [2.24, 2.45) is 0 Å². The van der Waals surface area contributed by atoms with E-state index in [1.54, 1.807) is 42.5 Å². The summed E-state index contributed by atoms with van der Waals surface area (Å²) < 4.78 is 31.3. The van der Waals surface area contributed by atoms with Crippen LogP contribution in [0.25, 0.3) is 0 Å². The molecule has 2 aromatic rings. The Morgan fingerprint density at radius 3 is 2.24 bits per heavy atom. The number of carbonyl (C=O) groups is 2. The van der Waals surface area contributed by atoms with Gasteiger partial charge in [-0.2, -0.15) is 0 Å². The molecule has 1 N–H and O–H groups in total. The van der Waals surface area contributed by atoms with Crippen LogP contribution in [0.2, 0.25) is 10.0 Å². The second kappa shape index (κ2) is 13.9. The van der Waals surface area contributed by atoms with E-state index in [-0.39, 0.29) is 43.8 Å². The predicted octanol–water partition coefficient (Wildman–Crippen LogP) is 4.88. The lowest BCUT2D eigenvalue weighted by molar-refractivity contribution is -0.141. The fraction of sp³-hybridized carbons (Fsp3) is 0.462. The maximum absolute atomic E-state index is 13.5. The molecule has 2 aromatic carbocycles. The van der Waals surface area contributed by atoms with Crippen molar-refractivity contribution in [2.75, 3.05) is 24.2 Å². The Hall–Kier alpha value is -2.49. The number of methoxy groups -OCH3 is 1. The number of sulfonamides is 1. The summed E-state index contributed by atoms with van der Waals surface area (Å²) in [5.41, 5.74) is 1.13. The molecule has 0 bridgehead atoms. The molecule has 0 aliphatic heterocycles. The minimum absolute atomic E-state index is 0.0405. The number of ether oxygens (including phenoxy) is 1. The van der Waals surface area contributed by atoms with Crippen LogP contribution < -0.4 is 14.4 Å². The first-order chi connectivity index (χ1) is 17.4. The van der Waals surface area contributed by atoms with Gasteiger partial charge in [0.2, 0.25) is 21.8 Å². The highest BCUT2D eigenvalue weighted by Crippen LogP contribution is 2.25. The number of nitrogens with one attached hydrogen (secondary N) is 1. The maximum atomic E-state index is 13.5. The number of rotatable bonds is 13. The summed E-state index contributed by atoms with van der Waals surface area (Å²) >= 11 is 12.4. The number of hydrogen-bond acceptors (Lipinski definition) is 5. The highest BCUT2D eigenvalue weighted by Gasteiger charge is 2.29. The summed E-state index contributed by atoms with van der Waals surface area (Å²) in [6.07, 6.45) is 1.82. The molecule has 0 aliphatic rings. The molecule has 1 atom stereocenters. The SMILES string of the molecule is CC[C@H](C(=O)NC(C)C)N(Cc1ccc(Cl)cc1Cl)C(=O)CCCN(c1ccc(OC)cc1)S(C)(=O)=O. The zero-order valence-electron chi connectivity index (χ0n) is 21.8. The molecule has 0 saturated heterocycles. The van der Waals surface area contributed by atoms with Gasteiger partial charge in [-0.25, -0.2) is 8.42 Å². The quantitative estimate of drug-likeness (QED) is 0.369. The van der Waals surface area contributed by atoms with Crippen molar-refractivity contribution in [1.82, 2.24) is 10.2 Å². The Kier molecular flexibility index (Phi) is 11.5. The third kappa shape index (κ3) is 9.09. The minimum atomic E-state index is -3.59. The molecule has 0 spiro atoms. The number of nitrogens with zero attached hydrogens (tertiary/aromatic N) is 2. The van der Waals surface area contributed by atoms with Crippen LogP contribution in [0, 0.1) is 0 Å². The highest BCUT2D eigenvalue weighted by molar-refractivity contribution is 7.92. The van der Waals surface area contributed by atoms with Crippen molar-refractivity contribution in [1.29, 1.82) is 0 Å². The van der Waals surface area contributed by atoms with E-state index < -0.39 is 16.1 Å². The van der Waals surface area contributed by atoms with E-state index in [4.69, 9.17) is 27.9 Å². The van der Waals surface area contributed by atoms with Crippen LogP contribution in [0.1, 0.15) is 45.6 Å². The van der Waals surface area contributed by atoms with E-state index in [1.807, 2.05) is 20.8 Å². The number of anilines is 1. The minimum Gasteiger partial charge on any atom is -0.497 e. The van der Waals surface area contributed by atoms with Crippen molar-refractivity contribution in [3.8, 4) is 5.75 Å². The third-order valence-electron chi connectivity index (χ3n) is 5.69. The van der Waals surface area contributed by atoms with Gasteiger partial charge in [0.05, 0.1) is 19.1 Å². The van der Waals surface area contributed by atoms with Gasteiger partial charge in [-0.3, -0.25) is 13.9 Å². The van der Waals surface area contributed by atoms with Crippen molar-refractivity contribution in [3.05, 3.63) is 58.1 Å². The summed E-state index contributed by atoms with van der Waals surface area (Å²) in [5.74, 6) is 0.0704. The van der Waals surface area contributed by atoms with E-state index >= 15 is 0 Å². The first-order valence-corrected chi connectivity index (χ1v) is 14.6. The molecule has 0 aromatic heterocycles. The molecule has 0 fully saturated rings. The largest absolute Gasteiger partial charge is 0.497 e. The van der Waals surface area contributed by atoms with E-state index in [2.05, 4.69) is 5.32 Å². The summed E-state index contributed by atoms with van der Waals surface area (Å²) in [4.78, 5) is 27.9. The van der Waals surface area contributed by atoms with Crippen LogP contribution in [-0.4, -0.2) is 57.1 Å². The fourth-order valence-electron chi connectivity index (χ4n) is 3.89. The molecule has 11 heteroatoms. The van der Waals surface area contributed by atoms with Crippen LogP contribution in [0.15, 0.2) is 42.5 Å². The Morgan fingerprint density at radius 1 is 1.08 bits per heavy atom. The van der Waals surface area contributed by atoms with Gasteiger partial charge >= 0.3 is 0 Å². The third-order valence-corrected chi connectivity index (χ3v) is 7.47. The number of hydrogen-bond donors (Lipinski definition) is 1. The molecule has 0 saturated carbocycles. The lowest BCUT2D eigenvalue weighted by atomic mass is 10.1. The first-order valence-electron chi connectivity index (χ1n) is 12.0. The Bertz CT molecular complexity index is 1170. The van der Waals surface area contributed by atoms with E-state index in [0.717, 1.165) is 6.26 Å². The van der Waals surface area contributed by atoms with E-state index in [9.17, 15) is 18.0 Å². The summed E-state index contributed by atoms with van der Waals surface area (Å²) in [6, 6.07) is 10.9. The number of amides is 2. The maximum Gasteiger partial charge on any atom is 0.243 e. The highest BCUT2D eigenvalue weighted by atomic mass is 35.5. The lowest BCUT2D eigenvalue weighted by Gasteiger charge is -2.32. The van der Waals surface area contributed by atoms with Gasteiger partial charge in [0.15, 0.2) is 0 Å². The Morgan fingerprint density at radius 2 is 1.73 bits per heavy atom. The normalized spacial score (nSPS) is 12.2. The predicted molar refractivity (Wildman–Crippen MR) is 149 cm³/mol. The van der Waals surface area contributed by atoms with Crippen LogP contribution in [-0.2, 0) is 26.2 Å². The van der Waals surface area contributed by atoms with Crippen LogP contribution in [0.4, 0.5) is 5.69 Å². The van der Waals surface area contributed by atoms with E-state index in [0.29, 0.717) is 33.5 Å². The van der Waals surface area contributed by atoms with Crippen molar-refractivity contribution >= 4 is 50.7 Å². The molecule has 2 rings (SSSR count). The molecule has 37 heavy (non-hydrogen) atoms. The molecular formula is C26H35Cl2N3O5S. The zero-order chi connectivity index (χ0) is 27.8. The summed E-state index contributed by atoms with van der Waals surface area (Å²) in [6.45, 7) is 5.76. The average molecular weight is 573 g/mol. The molecule has 8 nitrogen and oxygen atoms in total. The van der Waals surface area contributed by atoms with Crippen LogP contribution >= 0.6 is 23.2 Å². The van der Waals surface area contributed by atoms with Gasteiger partial charge in [-0.05, 0) is 68.7 Å². The van der Waals surface area contributed by atoms with Crippen LogP contribution in [0.3, 0.4) is 0 Å². The molecule has 0 radical (unpaired) electrons. The van der Waals surface area contributed by atoms with Gasteiger partial charge in [0, 0.05) is 35.6 Å².